The molecule has 3 heteroatoms. The third-order valence-electron chi connectivity index (χ3n) is 11.2. The molecular formula is C54H36N2S. The van der Waals surface area contributed by atoms with Gasteiger partial charge in [-0.1, -0.05) is 158 Å². The lowest BCUT2D eigenvalue weighted by molar-refractivity contribution is 1.18. The molecule has 0 aliphatic heterocycles. The fraction of sp³-hybridized carbons (Fsp3) is 0. The molecule has 0 atom stereocenters. The van der Waals surface area contributed by atoms with Crippen molar-refractivity contribution in [3.05, 3.63) is 218 Å². The largest absolute Gasteiger partial charge is 0.310 e. The number of hydrogen-bond acceptors (Lipinski definition) is 2. The van der Waals surface area contributed by atoms with Crippen LogP contribution in [0.15, 0.2) is 218 Å². The van der Waals surface area contributed by atoms with Crippen LogP contribution < -0.4 is 4.90 Å². The number of anilines is 3. The predicted molar refractivity (Wildman–Crippen MR) is 245 cm³/mol. The van der Waals surface area contributed by atoms with Crippen molar-refractivity contribution >= 4 is 70.4 Å². The van der Waals surface area contributed by atoms with Crippen LogP contribution in [0.5, 0.6) is 0 Å². The summed E-state index contributed by atoms with van der Waals surface area (Å²) >= 11 is 1.88. The van der Waals surface area contributed by atoms with Gasteiger partial charge in [-0.05, 0) is 94.0 Å². The van der Waals surface area contributed by atoms with Crippen molar-refractivity contribution in [3.8, 4) is 39.1 Å². The van der Waals surface area contributed by atoms with Crippen LogP contribution >= 0.6 is 11.3 Å². The van der Waals surface area contributed by atoms with Crippen molar-refractivity contribution in [2.45, 2.75) is 0 Å². The molecule has 0 saturated carbocycles. The summed E-state index contributed by atoms with van der Waals surface area (Å²) < 4.78 is 5.06. The van der Waals surface area contributed by atoms with E-state index < -0.39 is 0 Å². The average molecular weight is 745 g/mol. The maximum absolute atomic E-state index is 2.43. The van der Waals surface area contributed by atoms with Gasteiger partial charge in [0.15, 0.2) is 0 Å². The van der Waals surface area contributed by atoms with Gasteiger partial charge in [-0.15, -0.1) is 11.3 Å². The van der Waals surface area contributed by atoms with Crippen LogP contribution in [-0.4, -0.2) is 4.57 Å². The van der Waals surface area contributed by atoms with Gasteiger partial charge in [-0.25, -0.2) is 0 Å². The molecule has 0 saturated heterocycles. The van der Waals surface area contributed by atoms with E-state index in [-0.39, 0.29) is 0 Å². The van der Waals surface area contributed by atoms with Crippen LogP contribution in [0.25, 0.3) is 81.0 Å². The first-order valence-corrected chi connectivity index (χ1v) is 20.2. The van der Waals surface area contributed by atoms with Gasteiger partial charge in [-0.3, -0.25) is 0 Å². The van der Waals surface area contributed by atoms with Crippen LogP contribution in [0.2, 0.25) is 0 Å². The van der Waals surface area contributed by atoms with E-state index in [4.69, 9.17) is 0 Å². The molecule has 2 aromatic heterocycles. The van der Waals surface area contributed by atoms with Crippen molar-refractivity contribution in [1.29, 1.82) is 0 Å². The summed E-state index contributed by atoms with van der Waals surface area (Å²) in [6.45, 7) is 0. The Balaban J connectivity index is 1.08. The smallest absolute Gasteiger partial charge is 0.0562 e. The van der Waals surface area contributed by atoms with E-state index in [9.17, 15) is 0 Å². The molecule has 2 heterocycles. The number of nitrogens with zero attached hydrogens (tertiary/aromatic N) is 2. The maximum atomic E-state index is 2.43. The average Bonchev–Trinajstić information content (AvgIpc) is 3.84. The Morgan fingerprint density at radius 2 is 0.860 bits per heavy atom. The number of fused-ring (bicyclic) bond motifs is 6. The molecule has 9 aromatic carbocycles. The Kier molecular flexibility index (Phi) is 8.04. The van der Waals surface area contributed by atoms with Crippen LogP contribution in [0.4, 0.5) is 17.1 Å². The number of para-hydroxylation sites is 1. The first-order chi connectivity index (χ1) is 28.3. The Labute approximate surface area is 335 Å². The zero-order valence-corrected chi connectivity index (χ0v) is 31.9. The topological polar surface area (TPSA) is 8.17 Å². The van der Waals surface area contributed by atoms with Gasteiger partial charge < -0.3 is 9.47 Å². The lowest BCUT2D eigenvalue weighted by Gasteiger charge is -2.27. The molecule has 0 aliphatic rings. The van der Waals surface area contributed by atoms with Gasteiger partial charge in [0.25, 0.3) is 0 Å². The van der Waals surface area contributed by atoms with Gasteiger partial charge >= 0.3 is 0 Å². The molecule has 0 amide bonds. The fourth-order valence-corrected chi connectivity index (χ4v) is 9.76. The lowest BCUT2D eigenvalue weighted by atomic mass is 10.0. The highest BCUT2D eigenvalue weighted by atomic mass is 32.1. The van der Waals surface area contributed by atoms with Crippen molar-refractivity contribution < 1.29 is 0 Å². The number of hydrogen-bond donors (Lipinski definition) is 0. The molecule has 0 aliphatic carbocycles. The minimum Gasteiger partial charge on any atom is -0.310 e. The van der Waals surface area contributed by atoms with E-state index in [1.54, 1.807) is 0 Å². The second kappa shape index (κ2) is 13.8. The van der Waals surface area contributed by atoms with Crippen LogP contribution in [0, 0.1) is 0 Å². The monoisotopic (exact) mass is 744 g/mol. The number of aromatic nitrogens is 1. The summed E-state index contributed by atoms with van der Waals surface area (Å²) in [7, 11) is 0. The van der Waals surface area contributed by atoms with Gasteiger partial charge in [0.05, 0.1) is 16.7 Å². The highest BCUT2D eigenvalue weighted by molar-refractivity contribution is 7.26. The summed E-state index contributed by atoms with van der Waals surface area (Å²) in [6.07, 6.45) is 0. The summed E-state index contributed by atoms with van der Waals surface area (Å²) in [6, 6.07) is 79.3. The van der Waals surface area contributed by atoms with E-state index in [0.717, 1.165) is 22.7 Å². The molecular weight excluding hydrogens is 709 g/mol. The molecule has 0 unspecified atom stereocenters. The molecule has 11 aromatic rings. The van der Waals surface area contributed by atoms with E-state index >= 15 is 0 Å². The van der Waals surface area contributed by atoms with Crippen LogP contribution in [0.3, 0.4) is 0 Å². The fourth-order valence-electron chi connectivity index (χ4n) is 8.52. The van der Waals surface area contributed by atoms with Gasteiger partial charge in [0.1, 0.15) is 0 Å². The first-order valence-electron chi connectivity index (χ1n) is 19.4. The molecule has 11 rings (SSSR count). The van der Waals surface area contributed by atoms with Crippen molar-refractivity contribution in [3.63, 3.8) is 0 Å². The second-order valence-electron chi connectivity index (χ2n) is 14.5. The number of rotatable bonds is 7. The Hall–Kier alpha value is -7.20. The summed E-state index contributed by atoms with van der Waals surface area (Å²) in [5.41, 5.74) is 14.1. The molecule has 0 bridgehead atoms. The van der Waals surface area contributed by atoms with E-state index in [1.807, 2.05) is 11.3 Å². The molecule has 2 nitrogen and oxygen atoms in total. The van der Waals surface area contributed by atoms with Crippen LogP contribution in [0.1, 0.15) is 0 Å². The molecule has 0 N–H and O–H groups in total. The zero-order chi connectivity index (χ0) is 37.7. The molecule has 0 radical (unpaired) electrons. The normalized spacial score (nSPS) is 11.5. The molecule has 0 fully saturated rings. The molecule has 0 spiro atoms. The highest BCUT2D eigenvalue weighted by Gasteiger charge is 2.21. The van der Waals surface area contributed by atoms with Gasteiger partial charge in [0, 0.05) is 48.0 Å². The maximum Gasteiger partial charge on any atom is 0.0562 e. The van der Waals surface area contributed by atoms with E-state index in [0.29, 0.717) is 0 Å². The quantitative estimate of drug-likeness (QED) is 0.158. The Morgan fingerprint density at radius 3 is 1.54 bits per heavy atom. The third kappa shape index (κ3) is 5.71. The molecule has 268 valence electrons. The van der Waals surface area contributed by atoms with Crippen molar-refractivity contribution in [1.82, 2.24) is 4.57 Å². The predicted octanol–water partition coefficient (Wildman–Crippen LogP) is 15.6. The Morgan fingerprint density at radius 1 is 0.351 bits per heavy atom. The highest BCUT2D eigenvalue weighted by Crippen LogP contribution is 2.45. The number of thiophene rings is 1. The Bertz CT molecular complexity index is 3200. The van der Waals surface area contributed by atoms with E-state index in [1.165, 1.54) is 75.4 Å². The third-order valence-corrected chi connectivity index (χ3v) is 12.4. The van der Waals surface area contributed by atoms with E-state index in [2.05, 4.69) is 228 Å². The summed E-state index contributed by atoms with van der Waals surface area (Å²) in [5, 5.41) is 5.07. The zero-order valence-electron chi connectivity index (χ0n) is 31.1. The lowest BCUT2D eigenvalue weighted by Crippen LogP contribution is -2.10. The summed E-state index contributed by atoms with van der Waals surface area (Å²) in [5.74, 6) is 0. The number of benzene rings is 9. The van der Waals surface area contributed by atoms with Gasteiger partial charge in [-0.2, -0.15) is 0 Å². The minimum absolute atomic E-state index is 1.10. The van der Waals surface area contributed by atoms with Crippen LogP contribution in [-0.2, 0) is 0 Å². The second-order valence-corrected chi connectivity index (χ2v) is 15.6. The molecule has 57 heavy (non-hydrogen) atoms. The SMILES string of the molecule is c1ccc(-c2ccc(N(c3ccc(-c4cccc5c4sc4ccccc45)cc3)c3cccc4c3c3ccccc3n4-c3ccc(-c4ccccc4)cc3)cc2)cc1. The standard InChI is InChI=1S/C54H36N2S/c1-3-13-37(14-4-1)39-25-31-42(32-26-39)55(43-35-29-41(30-36-43)45-19-11-20-47-46-17-8-10-24-52(46)57-54(45)47)50-22-12-23-51-53(50)48-18-7-9-21-49(48)56(51)44-33-27-40(28-34-44)38-15-5-2-6-16-38/h1-36H. The van der Waals surface area contributed by atoms with Crippen molar-refractivity contribution in [2.75, 3.05) is 4.90 Å². The van der Waals surface area contributed by atoms with Crippen molar-refractivity contribution in [2.24, 2.45) is 0 Å². The first kappa shape index (κ1) is 33.2. The van der Waals surface area contributed by atoms with Gasteiger partial charge in [0.2, 0.25) is 0 Å². The minimum atomic E-state index is 1.10. The summed E-state index contributed by atoms with van der Waals surface area (Å²) in [4.78, 5) is 2.43.